The summed E-state index contributed by atoms with van der Waals surface area (Å²) < 4.78 is 8.74. The zero-order valence-corrected chi connectivity index (χ0v) is 10.4. The van der Waals surface area contributed by atoms with Crippen LogP contribution in [0.1, 0.15) is 31.2 Å². The topological polar surface area (TPSA) is 39.4 Å². The molecule has 5 heteroatoms. The van der Waals surface area contributed by atoms with E-state index in [1.807, 2.05) is 22.7 Å². The number of fused-ring (bicyclic) bond motifs is 1. The van der Waals surface area contributed by atoms with Gasteiger partial charge in [-0.05, 0) is 31.4 Å². The predicted molar refractivity (Wildman–Crippen MR) is 63.2 cm³/mol. The maximum absolute atomic E-state index is 5.73. The van der Waals surface area contributed by atoms with E-state index in [1.54, 1.807) is 0 Å². The van der Waals surface area contributed by atoms with Crippen LogP contribution in [-0.2, 0) is 4.74 Å². The molecule has 0 bridgehead atoms. The largest absolute Gasteiger partial charge is 0.370 e. The summed E-state index contributed by atoms with van der Waals surface area (Å²) in [6.07, 6.45) is 5.48. The highest BCUT2D eigenvalue weighted by molar-refractivity contribution is 9.10. The Morgan fingerprint density at radius 3 is 3.12 bits per heavy atom. The van der Waals surface area contributed by atoms with E-state index in [1.165, 1.54) is 6.42 Å². The molecule has 0 saturated carbocycles. The zero-order chi connectivity index (χ0) is 11.0. The Labute approximate surface area is 102 Å². The first-order valence-electron chi connectivity index (χ1n) is 5.46. The number of hydrogen-bond acceptors (Lipinski definition) is 3. The minimum atomic E-state index is 0.102. The van der Waals surface area contributed by atoms with Crippen LogP contribution in [0, 0.1) is 0 Å². The lowest BCUT2D eigenvalue weighted by molar-refractivity contribution is 0.00885. The van der Waals surface area contributed by atoms with E-state index >= 15 is 0 Å². The number of halogens is 1. The van der Waals surface area contributed by atoms with E-state index < -0.39 is 0 Å². The summed E-state index contributed by atoms with van der Waals surface area (Å²) in [4.78, 5) is 0. The van der Waals surface area contributed by atoms with Crippen molar-refractivity contribution in [3.8, 4) is 0 Å². The Balaban J connectivity index is 2.03. The van der Waals surface area contributed by atoms with Crippen LogP contribution in [0.25, 0.3) is 5.65 Å². The van der Waals surface area contributed by atoms with Gasteiger partial charge >= 0.3 is 0 Å². The first-order valence-corrected chi connectivity index (χ1v) is 6.26. The maximum atomic E-state index is 5.73. The predicted octanol–water partition coefficient (Wildman–Crippen LogP) is 2.73. The quantitative estimate of drug-likeness (QED) is 0.807. The SMILES string of the molecule is Brc1ccn2c(C3CCCCO3)nnc2c1. The van der Waals surface area contributed by atoms with E-state index in [0.717, 1.165) is 35.4 Å². The molecule has 4 nitrogen and oxygen atoms in total. The summed E-state index contributed by atoms with van der Waals surface area (Å²) in [5.41, 5.74) is 0.860. The molecule has 0 amide bonds. The van der Waals surface area contributed by atoms with Crippen LogP contribution in [0.2, 0.25) is 0 Å². The van der Waals surface area contributed by atoms with Gasteiger partial charge in [0.05, 0.1) is 0 Å². The maximum Gasteiger partial charge on any atom is 0.166 e. The van der Waals surface area contributed by atoms with Crippen LogP contribution >= 0.6 is 15.9 Å². The van der Waals surface area contributed by atoms with Gasteiger partial charge in [0, 0.05) is 17.3 Å². The molecule has 0 spiro atoms. The van der Waals surface area contributed by atoms with Gasteiger partial charge in [-0.3, -0.25) is 4.40 Å². The first-order chi connectivity index (χ1) is 7.84. The van der Waals surface area contributed by atoms with E-state index in [-0.39, 0.29) is 6.10 Å². The van der Waals surface area contributed by atoms with Gasteiger partial charge in [-0.15, -0.1) is 10.2 Å². The number of aromatic nitrogens is 3. The Morgan fingerprint density at radius 1 is 1.38 bits per heavy atom. The van der Waals surface area contributed by atoms with Gasteiger partial charge in [0.25, 0.3) is 0 Å². The summed E-state index contributed by atoms with van der Waals surface area (Å²) >= 11 is 3.43. The highest BCUT2D eigenvalue weighted by Gasteiger charge is 2.21. The number of pyridine rings is 1. The van der Waals surface area contributed by atoms with Crippen molar-refractivity contribution in [3.05, 3.63) is 28.6 Å². The van der Waals surface area contributed by atoms with Gasteiger partial charge in [0.15, 0.2) is 11.5 Å². The van der Waals surface area contributed by atoms with Crippen molar-refractivity contribution in [2.24, 2.45) is 0 Å². The second-order valence-electron chi connectivity index (χ2n) is 3.99. The molecule has 2 aromatic rings. The number of nitrogens with zero attached hydrogens (tertiary/aromatic N) is 3. The number of hydrogen-bond donors (Lipinski definition) is 0. The molecule has 84 valence electrons. The third-order valence-corrected chi connectivity index (χ3v) is 3.36. The van der Waals surface area contributed by atoms with Gasteiger partial charge in [-0.2, -0.15) is 0 Å². The monoisotopic (exact) mass is 281 g/mol. The normalized spacial score (nSPS) is 21.4. The summed E-state index contributed by atoms with van der Waals surface area (Å²) in [5, 5.41) is 8.38. The lowest BCUT2D eigenvalue weighted by Crippen LogP contribution is -2.14. The highest BCUT2D eigenvalue weighted by atomic mass is 79.9. The fraction of sp³-hybridized carbons (Fsp3) is 0.455. The zero-order valence-electron chi connectivity index (χ0n) is 8.77. The highest BCUT2D eigenvalue weighted by Crippen LogP contribution is 2.27. The minimum Gasteiger partial charge on any atom is -0.370 e. The summed E-state index contributed by atoms with van der Waals surface area (Å²) in [7, 11) is 0. The molecular formula is C11H12BrN3O. The molecule has 1 unspecified atom stereocenters. The minimum absolute atomic E-state index is 0.102. The summed E-state index contributed by atoms with van der Waals surface area (Å²) in [6.45, 7) is 0.829. The van der Waals surface area contributed by atoms with Crippen molar-refractivity contribution < 1.29 is 4.74 Å². The molecule has 1 fully saturated rings. The number of ether oxygens (including phenoxy) is 1. The summed E-state index contributed by atoms with van der Waals surface area (Å²) in [5.74, 6) is 0.919. The van der Waals surface area contributed by atoms with Crippen molar-refractivity contribution in [3.63, 3.8) is 0 Å². The smallest absolute Gasteiger partial charge is 0.166 e. The van der Waals surface area contributed by atoms with Gasteiger partial charge in [0.2, 0.25) is 0 Å². The Bertz CT molecular complexity index is 505. The van der Waals surface area contributed by atoms with Crippen LogP contribution in [0.3, 0.4) is 0 Å². The first kappa shape index (κ1) is 10.2. The average Bonchev–Trinajstić information content (AvgIpc) is 2.73. The van der Waals surface area contributed by atoms with Crippen molar-refractivity contribution in [1.82, 2.24) is 14.6 Å². The van der Waals surface area contributed by atoms with Crippen LogP contribution in [0.4, 0.5) is 0 Å². The lowest BCUT2D eigenvalue weighted by Gasteiger charge is -2.20. The van der Waals surface area contributed by atoms with Crippen molar-refractivity contribution >= 4 is 21.6 Å². The average molecular weight is 282 g/mol. The Hall–Kier alpha value is -0.940. The van der Waals surface area contributed by atoms with Crippen LogP contribution < -0.4 is 0 Å². The standard InChI is InChI=1S/C11H12BrN3O/c12-8-4-5-15-10(7-8)13-14-11(15)9-3-1-2-6-16-9/h4-5,7,9H,1-3,6H2. The Kier molecular flexibility index (Phi) is 2.65. The third kappa shape index (κ3) is 1.74. The molecule has 1 saturated heterocycles. The molecule has 0 aliphatic carbocycles. The van der Waals surface area contributed by atoms with Crippen molar-refractivity contribution in [1.29, 1.82) is 0 Å². The molecule has 0 radical (unpaired) electrons. The molecule has 1 aliphatic rings. The van der Waals surface area contributed by atoms with Gasteiger partial charge in [0.1, 0.15) is 6.10 Å². The van der Waals surface area contributed by atoms with Crippen LogP contribution in [0.5, 0.6) is 0 Å². The van der Waals surface area contributed by atoms with Gasteiger partial charge in [-0.1, -0.05) is 15.9 Å². The molecule has 0 aromatic carbocycles. The fourth-order valence-electron chi connectivity index (χ4n) is 2.05. The lowest BCUT2D eigenvalue weighted by atomic mass is 10.1. The second kappa shape index (κ2) is 4.14. The molecule has 2 aromatic heterocycles. The van der Waals surface area contributed by atoms with E-state index in [2.05, 4.69) is 26.1 Å². The molecule has 1 atom stereocenters. The molecule has 0 N–H and O–H groups in total. The van der Waals surface area contributed by atoms with Gasteiger partial charge in [-0.25, -0.2) is 0 Å². The van der Waals surface area contributed by atoms with Crippen LogP contribution in [-0.4, -0.2) is 21.2 Å². The van der Waals surface area contributed by atoms with E-state index in [4.69, 9.17) is 4.74 Å². The molecular weight excluding hydrogens is 270 g/mol. The molecule has 16 heavy (non-hydrogen) atoms. The third-order valence-electron chi connectivity index (χ3n) is 2.87. The van der Waals surface area contributed by atoms with Crippen LogP contribution in [0.15, 0.2) is 22.8 Å². The van der Waals surface area contributed by atoms with Gasteiger partial charge < -0.3 is 4.74 Å². The van der Waals surface area contributed by atoms with Crippen molar-refractivity contribution in [2.75, 3.05) is 6.61 Å². The molecule has 1 aliphatic heterocycles. The Morgan fingerprint density at radius 2 is 2.31 bits per heavy atom. The van der Waals surface area contributed by atoms with E-state index in [9.17, 15) is 0 Å². The number of rotatable bonds is 1. The fourth-order valence-corrected chi connectivity index (χ4v) is 2.37. The van der Waals surface area contributed by atoms with Crippen molar-refractivity contribution in [2.45, 2.75) is 25.4 Å². The molecule has 3 rings (SSSR count). The second-order valence-corrected chi connectivity index (χ2v) is 4.90. The summed E-state index contributed by atoms with van der Waals surface area (Å²) in [6, 6.07) is 3.95. The molecule has 3 heterocycles. The van der Waals surface area contributed by atoms with E-state index in [0.29, 0.717) is 0 Å².